The van der Waals surface area contributed by atoms with Gasteiger partial charge in [-0.15, -0.1) is 0 Å². The molecule has 1 aromatic carbocycles. The van der Waals surface area contributed by atoms with Gasteiger partial charge in [0.05, 0.1) is 11.9 Å². The zero-order chi connectivity index (χ0) is 19.7. The van der Waals surface area contributed by atoms with E-state index in [1.807, 2.05) is 23.4 Å². The van der Waals surface area contributed by atoms with Gasteiger partial charge in [-0.2, -0.15) is 0 Å². The monoisotopic (exact) mass is 390 g/mol. The Bertz CT molecular complexity index is 1010. The summed E-state index contributed by atoms with van der Waals surface area (Å²) in [6.07, 6.45) is 7.64. The molecule has 2 aliphatic rings. The van der Waals surface area contributed by atoms with Crippen LogP contribution in [-0.2, 0) is 17.7 Å². The van der Waals surface area contributed by atoms with Crippen LogP contribution in [0, 0.1) is 5.41 Å². The fourth-order valence-corrected chi connectivity index (χ4v) is 4.63. The molecule has 6 heteroatoms. The summed E-state index contributed by atoms with van der Waals surface area (Å²) >= 11 is 0. The quantitative estimate of drug-likeness (QED) is 0.686. The van der Waals surface area contributed by atoms with Gasteiger partial charge in [0, 0.05) is 39.0 Å². The Labute approximate surface area is 170 Å². The van der Waals surface area contributed by atoms with Gasteiger partial charge in [-0.25, -0.2) is 9.97 Å². The highest BCUT2D eigenvalue weighted by molar-refractivity contribution is 5.96. The number of carbonyl (C=O) groups excluding carboxylic acids is 1. The molecule has 0 atom stereocenters. The van der Waals surface area contributed by atoms with E-state index in [0.29, 0.717) is 5.56 Å². The van der Waals surface area contributed by atoms with Crippen molar-refractivity contribution in [1.82, 2.24) is 19.4 Å². The molecule has 5 rings (SSSR count). The fraction of sp³-hybridized carbons (Fsp3) is 0.435. The number of amides is 1. The lowest BCUT2D eigenvalue weighted by molar-refractivity contribution is 0.0191. The number of ether oxygens (including phenoxy) is 1. The number of carbonyl (C=O) groups is 1. The van der Waals surface area contributed by atoms with Crippen molar-refractivity contribution in [3.63, 3.8) is 0 Å². The Balaban J connectivity index is 1.29. The third-order valence-electron chi connectivity index (χ3n) is 6.47. The number of pyridine rings is 1. The van der Waals surface area contributed by atoms with Crippen molar-refractivity contribution in [1.29, 1.82) is 0 Å². The second kappa shape index (κ2) is 7.59. The summed E-state index contributed by atoms with van der Waals surface area (Å²) in [6.45, 7) is 4.10. The molecule has 1 amide bonds. The SMILES string of the molecule is O=C(c1cnc2c(c1)ncn2CCc1ccccc1)N1CCC2(CCOCC2)C1. The van der Waals surface area contributed by atoms with Crippen LogP contribution in [0.1, 0.15) is 35.2 Å². The highest BCUT2D eigenvalue weighted by Crippen LogP contribution is 2.40. The molecule has 6 nitrogen and oxygen atoms in total. The minimum absolute atomic E-state index is 0.0709. The standard InChI is InChI=1S/C23H26N4O2/c28-22(26-11-7-23(16-26)8-12-29-13-9-23)19-14-20-21(24-15-19)27(17-25-20)10-6-18-4-2-1-3-5-18/h1-5,14-15,17H,6-13,16H2. The molecule has 2 aliphatic heterocycles. The molecule has 1 spiro atoms. The maximum atomic E-state index is 13.1. The third-order valence-corrected chi connectivity index (χ3v) is 6.47. The van der Waals surface area contributed by atoms with E-state index in [9.17, 15) is 4.79 Å². The van der Waals surface area contributed by atoms with Crippen LogP contribution in [0.4, 0.5) is 0 Å². The van der Waals surface area contributed by atoms with E-state index in [4.69, 9.17) is 4.74 Å². The van der Waals surface area contributed by atoms with Gasteiger partial charge >= 0.3 is 0 Å². The molecule has 2 fully saturated rings. The molecule has 0 aliphatic carbocycles. The van der Waals surface area contributed by atoms with E-state index >= 15 is 0 Å². The number of rotatable bonds is 4. The fourth-order valence-electron chi connectivity index (χ4n) is 4.63. The molecule has 0 saturated carbocycles. The Morgan fingerprint density at radius 2 is 1.93 bits per heavy atom. The Morgan fingerprint density at radius 3 is 2.76 bits per heavy atom. The van der Waals surface area contributed by atoms with Crippen LogP contribution in [0.5, 0.6) is 0 Å². The van der Waals surface area contributed by atoms with Crippen molar-refractivity contribution in [2.75, 3.05) is 26.3 Å². The number of hydrogen-bond acceptors (Lipinski definition) is 4. The lowest BCUT2D eigenvalue weighted by atomic mass is 9.80. The number of nitrogens with zero attached hydrogens (tertiary/aromatic N) is 4. The lowest BCUT2D eigenvalue weighted by Crippen LogP contribution is -2.35. The molecule has 0 radical (unpaired) electrons. The Hall–Kier alpha value is -2.73. The number of aryl methyl sites for hydroxylation is 2. The van der Waals surface area contributed by atoms with Crippen LogP contribution in [0.15, 0.2) is 48.9 Å². The first-order valence-corrected chi connectivity index (χ1v) is 10.4. The van der Waals surface area contributed by atoms with Gasteiger partial charge in [-0.3, -0.25) is 4.79 Å². The van der Waals surface area contributed by atoms with E-state index in [-0.39, 0.29) is 11.3 Å². The highest BCUT2D eigenvalue weighted by Gasteiger charge is 2.41. The van der Waals surface area contributed by atoms with Gasteiger partial charge in [0.15, 0.2) is 5.65 Å². The second-order valence-electron chi connectivity index (χ2n) is 8.33. The number of benzene rings is 1. The number of imidazole rings is 1. The zero-order valence-electron chi connectivity index (χ0n) is 16.6. The normalized spacial score (nSPS) is 18.6. The van der Waals surface area contributed by atoms with Gasteiger partial charge in [-0.1, -0.05) is 30.3 Å². The molecule has 29 heavy (non-hydrogen) atoms. The van der Waals surface area contributed by atoms with Gasteiger partial charge < -0.3 is 14.2 Å². The maximum absolute atomic E-state index is 13.1. The summed E-state index contributed by atoms with van der Waals surface area (Å²) in [7, 11) is 0. The summed E-state index contributed by atoms with van der Waals surface area (Å²) in [5.74, 6) is 0.0709. The zero-order valence-corrected chi connectivity index (χ0v) is 16.6. The van der Waals surface area contributed by atoms with Crippen LogP contribution in [0.2, 0.25) is 0 Å². The molecule has 4 heterocycles. The highest BCUT2D eigenvalue weighted by atomic mass is 16.5. The second-order valence-corrected chi connectivity index (χ2v) is 8.33. The average Bonchev–Trinajstić information content (AvgIpc) is 3.37. The van der Waals surface area contributed by atoms with Crippen molar-refractivity contribution < 1.29 is 9.53 Å². The topological polar surface area (TPSA) is 60.2 Å². The Morgan fingerprint density at radius 1 is 1.10 bits per heavy atom. The van der Waals surface area contributed by atoms with Gasteiger partial charge in [-0.05, 0) is 42.7 Å². The van der Waals surface area contributed by atoms with Crippen LogP contribution in [-0.4, -0.2) is 51.6 Å². The van der Waals surface area contributed by atoms with Crippen molar-refractivity contribution in [2.24, 2.45) is 5.41 Å². The summed E-state index contributed by atoms with van der Waals surface area (Å²) in [4.78, 5) is 24.1. The van der Waals surface area contributed by atoms with Gasteiger partial charge in [0.25, 0.3) is 5.91 Å². The van der Waals surface area contributed by atoms with Gasteiger partial charge in [0.1, 0.15) is 5.52 Å². The van der Waals surface area contributed by atoms with E-state index < -0.39 is 0 Å². The third kappa shape index (κ3) is 3.65. The molecule has 0 bridgehead atoms. The first-order chi connectivity index (χ1) is 14.2. The van der Waals surface area contributed by atoms with Crippen molar-refractivity contribution in [3.05, 3.63) is 60.0 Å². The minimum atomic E-state index is 0.0709. The molecule has 3 aromatic rings. The largest absolute Gasteiger partial charge is 0.381 e. The van der Waals surface area contributed by atoms with Crippen LogP contribution in [0.25, 0.3) is 11.2 Å². The first-order valence-electron chi connectivity index (χ1n) is 10.4. The van der Waals surface area contributed by atoms with E-state index in [0.717, 1.165) is 69.7 Å². The molecule has 150 valence electrons. The van der Waals surface area contributed by atoms with E-state index in [1.54, 1.807) is 6.20 Å². The number of hydrogen-bond donors (Lipinski definition) is 0. The van der Waals surface area contributed by atoms with Crippen molar-refractivity contribution in [2.45, 2.75) is 32.2 Å². The van der Waals surface area contributed by atoms with Crippen LogP contribution >= 0.6 is 0 Å². The number of aromatic nitrogens is 3. The minimum Gasteiger partial charge on any atom is -0.381 e. The lowest BCUT2D eigenvalue weighted by Gasteiger charge is -2.33. The molecule has 2 aromatic heterocycles. The molecular weight excluding hydrogens is 364 g/mol. The van der Waals surface area contributed by atoms with Crippen LogP contribution in [0.3, 0.4) is 0 Å². The smallest absolute Gasteiger partial charge is 0.255 e. The maximum Gasteiger partial charge on any atom is 0.255 e. The Kier molecular flexibility index (Phi) is 4.79. The van der Waals surface area contributed by atoms with Crippen LogP contribution < -0.4 is 0 Å². The predicted octanol–water partition coefficient (Wildman–Crippen LogP) is 3.32. The molecule has 2 saturated heterocycles. The summed E-state index contributed by atoms with van der Waals surface area (Å²) in [5, 5.41) is 0. The summed E-state index contributed by atoms with van der Waals surface area (Å²) in [5.41, 5.74) is 3.79. The summed E-state index contributed by atoms with van der Waals surface area (Å²) in [6, 6.07) is 12.3. The number of fused-ring (bicyclic) bond motifs is 1. The van der Waals surface area contributed by atoms with E-state index in [1.165, 1.54) is 5.56 Å². The molecular formula is C23H26N4O2. The molecule has 0 unspecified atom stereocenters. The van der Waals surface area contributed by atoms with E-state index in [2.05, 4.69) is 38.8 Å². The number of likely N-dealkylation sites (tertiary alicyclic amines) is 1. The first kappa shape index (κ1) is 18.3. The molecule has 0 N–H and O–H groups in total. The average molecular weight is 390 g/mol. The van der Waals surface area contributed by atoms with Crippen molar-refractivity contribution in [3.8, 4) is 0 Å². The predicted molar refractivity (Wildman–Crippen MR) is 111 cm³/mol. The summed E-state index contributed by atoms with van der Waals surface area (Å²) < 4.78 is 7.57. The van der Waals surface area contributed by atoms with Crippen molar-refractivity contribution >= 4 is 17.1 Å². The van der Waals surface area contributed by atoms with Gasteiger partial charge in [0.2, 0.25) is 0 Å².